The fourth-order valence-electron chi connectivity index (χ4n) is 3.05. The van der Waals surface area contributed by atoms with Crippen LogP contribution >= 0.6 is 0 Å². The molecule has 3 aromatic rings. The van der Waals surface area contributed by atoms with E-state index in [4.69, 9.17) is 9.47 Å². The summed E-state index contributed by atoms with van der Waals surface area (Å²) in [6.07, 6.45) is 0. The highest BCUT2D eigenvalue weighted by molar-refractivity contribution is 5.43. The molecule has 0 saturated carbocycles. The van der Waals surface area contributed by atoms with Crippen LogP contribution in [0.2, 0.25) is 0 Å². The van der Waals surface area contributed by atoms with Crippen molar-refractivity contribution in [2.24, 2.45) is 0 Å². The number of hydrogen-bond donors (Lipinski definition) is 1. The molecule has 0 radical (unpaired) electrons. The predicted molar refractivity (Wildman–Crippen MR) is 109 cm³/mol. The van der Waals surface area contributed by atoms with Crippen LogP contribution in [0.25, 0.3) is 0 Å². The van der Waals surface area contributed by atoms with Crippen LogP contribution in [0.1, 0.15) is 27.8 Å². The molecule has 0 unspecified atom stereocenters. The zero-order valence-electron chi connectivity index (χ0n) is 16.4. The van der Waals surface area contributed by atoms with Gasteiger partial charge in [0.25, 0.3) is 0 Å². The number of nitrogens with two attached hydrogens (primary N) is 1. The summed E-state index contributed by atoms with van der Waals surface area (Å²) < 4.78 is 11.5. The van der Waals surface area contributed by atoms with Gasteiger partial charge in [0.15, 0.2) is 11.5 Å². The minimum Gasteiger partial charge on any atom is -0.493 e. The third-order valence-corrected chi connectivity index (χ3v) is 4.59. The summed E-state index contributed by atoms with van der Waals surface area (Å²) >= 11 is 0. The summed E-state index contributed by atoms with van der Waals surface area (Å²) in [5.74, 6) is 1.56. The zero-order valence-corrected chi connectivity index (χ0v) is 16.4. The molecule has 0 atom stereocenters. The van der Waals surface area contributed by atoms with Crippen molar-refractivity contribution in [3.05, 3.63) is 94.5 Å². The SMILES string of the molecule is COc1cc(C[NH2+]Cc2ccc(C)cc2)ccc1OCc1cccc(C)c1. The molecule has 3 rings (SSSR count). The molecule has 0 fully saturated rings. The van der Waals surface area contributed by atoms with E-state index < -0.39 is 0 Å². The molecule has 0 saturated heterocycles. The van der Waals surface area contributed by atoms with E-state index in [-0.39, 0.29) is 0 Å². The summed E-state index contributed by atoms with van der Waals surface area (Å²) in [5, 5.41) is 2.30. The second-order valence-electron chi connectivity index (χ2n) is 6.95. The van der Waals surface area contributed by atoms with E-state index in [1.807, 2.05) is 6.07 Å². The molecule has 0 amide bonds. The topological polar surface area (TPSA) is 35.1 Å². The number of hydrogen-bond acceptors (Lipinski definition) is 2. The molecule has 0 heterocycles. The molecular formula is C24H28NO2+. The Bertz CT molecular complexity index is 872. The molecule has 0 aliphatic rings. The second kappa shape index (κ2) is 9.24. The van der Waals surface area contributed by atoms with Crippen molar-refractivity contribution in [2.75, 3.05) is 7.11 Å². The van der Waals surface area contributed by atoms with Crippen molar-refractivity contribution in [1.82, 2.24) is 0 Å². The van der Waals surface area contributed by atoms with Gasteiger partial charge in [-0.25, -0.2) is 0 Å². The quantitative estimate of drug-likeness (QED) is 0.653. The second-order valence-corrected chi connectivity index (χ2v) is 6.95. The van der Waals surface area contributed by atoms with Crippen molar-refractivity contribution in [3.8, 4) is 11.5 Å². The van der Waals surface area contributed by atoms with Crippen LogP contribution in [-0.2, 0) is 19.7 Å². The number of ether oxygens (including phenoxy) is 2. The van der Waals surface area contributed by atoms with Gasteiger partial charge >= 0.3 is 0 Å². The summed E-state index contributed by atoms with van der Waals surface area (Å²) in [5.41, 5.74) is 6.26. The number of quaternary nitrogens is 1. The van der Waals surface area contributed by atoms with E-state index >= 15 is 0 Å². The normalized spacial score (nSPS) is 10.6. The van der Waals surface area contributed by atoms with Crippen molar-refractivity contribution in [1.29, 1.82) is 0 Å². The molecule has 2 N–H and O–H groups in total. The lowest BCUT2D eigenvalue weighted by atomic mass is 10.1. The van der Waals surface area contributed by atoms with E-state index in [9.17, 15) is 0 Å². The molecule has 140 valence electrons. The Morgan fingerprint density at radius 3 is 2.19 bits per heavy atom. The number of methoxy groups -OCH3 is 1. The highest BCUT2D eigenvalue weighted by Gasteiger charge is 2.08. The van der Waals surface area contributed by atoms with E-state index in [0.29, 0.717) is 6.61 Å². The van der Waals surface area contributed by atoms with Crippen LogP contribution < -0.4 is 14.8 Å². The Kier molecular flexibility index (Phi) is 6.50. The summed E-state index contributed by atoms with van der Waals surface area (Å²) in [4.78, 5) is 0. The standard InChI is InChI=1S/C24H27NO2/c1-18-7-9-20(10-8-18)15-25-16-21-11-12-23(24(14-21)26-3)27-17-22-6-4-5-19(2)13-22/h4-14,25H,15-17H2,1-3H3/p+1. The Balaban J connectivity index is 1.57. The van der Waals surface area contributed by atoms with Crippen LogP contribution in [0.15, 0.2) is 66.7 Å². The molecule has 0 bridgehead atoms. The number of benzene rings is 3. The Labute approximate surface area is 162 Å². The van der Waals surface area contributed by atoms with Gasteiger partial charge in [-0.05, 0) is 37.6 Å². The summed E-state index contributed by atoms with van der Waals surface area (Å²) in [6, 6.07) is 23.2. The molecule has 3 nitrogen and oxygen atoms in total. The van der Waals surface area contributed by atoms with Gasteiger partial charge in [-0.1, -0.05) is 59.7 Å². The van der Waals surface area contributed by atoms with Gasteiger partial charge in [-0.2, -0.15) is 0 Å². The van der Waals surface area contributed by atoms with Gasteiger partial charge in [0.1, 0.15) is 19.7 Å². The maximum absolute atomic E-state index is 5.97. The minimum absolute atomic E-state index is 0.539. The van der Waals surface area contributed by atoms with Gasteiger partial charge in [-0.15, -0.1) is 0 Å². The molecule has 3 heteroatoms. The van der Waals surface area contributed by atoms with Gasteiger partial charge in [0.05, 0.1) is 7.11 Å². The van der Waals surface area contributed by atoms with Crippen molar-refractivity contribution < 1.29 is 14.8 Å². The van der Waals surface area contributed by atoms with Crippen LogP contribution in [0, 0.1) is 13.8 Å². The maximum Gasteiger partial charge on any atom is 0.161 e. The van der Waals surface area contributed by atoms with E-state index in [1.165, 1.54) is 22.3 Å². The van der Waals surface area contributed by atoms with E-state index in [2.05, 4.69) is 79.8 Å². The monoisotopic (exact) mass is 362 g/mol. The summed E-state index contributed by atoms with van der Waals surface area (Å²) in [6.45, 7) is 6.61. The molecule has 27 heavy (non-hydrogen) atoms. The molecule has 0 aliphatic carbocycles. The lowest BCUT2D eigenvalue weighted by Crippen LogP contribution is -2.80. The van der Waals surface area contributed by atoms with Gasteiger partial charge in [-0.3, -0.25) is 0 Å². The minimum atomic E-state index is 0.539. The van der Waals surface area contributed by atoms with E-state index in [1.54, 1.807) is 7.11 Å². The van der Waals surface area contributed by atoms with Crippen LogP contribution in [-0.4, -0.2) is 7.11 Å². The summed E-state index contributed by atoms with van der Waals surface area (Å²) in [7, 11) is 1.69. The first-order chi connectivity index (χ1) is 13.1. The highest BCUT2D eigenvalue weighted by atomic mass is 16.5. The molecule has 0 aromatic heterocycles. The maximum atomic E-state index is 5.97. The van der Waals surface area contributed by atoms with Crippen LogP contribution in [0.4, 0.5) is 0 Å². The van der Waals surface area contributed by atoms with E-state index in [0.717, 1.165) is 30.2 Å². The van der Waals surface area contributed by atoms with Crippen LogP contribution in [0.3, 0.4) is 0 Å². The van der Waals surface area contributed by atoms with Crippen molar-refractivity contribution in [3.63, 3.8) is 0 Å². The lowest BCUT2D eigenvalue weighted by molar-refractivity contribution is -0.686. The Morgan fingerprint density at radius 2 is 1.44 bits per heavy atom. The van der Waals surface area contributed by atoms with Gasteiger partial charge in [0.2, 0.25) is 0 Å². The zero-order chi connectivity index (χ0) is 19.1. The average Bonchev–Trinajstić information content (AvgIpc) is 2.68. The molecular weight excluding hydrogens is 334 g/mol. The Hall–Kier alpha value is -2.78. The van der Waals surface area contributed by atoms with Gasteiger partial charge in [0, 0.05) is 11.1 Å². The smallest absolute Gasteiger partial charge is 0.161 e. The largest absolute Gasteiger partial charge is 0.493 e. The first-order valence-electron chi connectivity index (χ1n) is 9.36. The first kappa shape index (κ1) is 19.0. The third kappa shape index (κ3) is 5.60. The predicted octanol–water partition coefficient (Wildman–Crippen LogP) is 4.15. The average molecular weight is 362 g/mol. The van der Waals surface area contributed by atoms with Gasteiger partial charge < -0.3 is 14.8 Å². The fourth-order valence-corrected chi connectivity index (χ4v) is 3.05. The highest BCUT2D eigenvalue weighted by Crippen LogP contribution is 2.28. The van der Waals surface area contributed by atoms with Crippen LogP contribution in [0.5, 0.6) is 11.5 Å². The Morgan fingerprint density at radius 1 is 0.704 bits per heavy atom. The lowest BCUT2D eigenvalue weighted by Gasteiger charge is -2.12. The third-order valence-electron chi connectivity index (χ3n) is 4.59. The van der Waals surface area contributed by atoms with Crippen molar-refractivity contribution in [2.45, 2.75) is 33.5 Å². The first-order valence-corrected chi connectivity index (χ1v) is 9.36. The number of rotatable bonds is 8. The molecule has 3 aromatic carbocycles. The van der Waals surface area contributed by atoms with Crippen molar-refractivity contribution >= 4 is 0 Å². The fraction of sp³-hybridized carbons (Fsp3) is 0.250. The molecule has 0 aliphatic heterocycles. The number of aryl methyl sites for hydroxylation is 2. The molecule has 0 spiro atoms.